The van der Waals surface area contributed by atoms with Crippen LogP contribution in [0.4, 0.5) is 17.6 Å². The number of alkyl halides is 3. The van der Waals surface area contributed by atoms with Crippen LogP contribution in [-0.2, 0) is 11.6 Å². The number of aryl methyl sites for hydroxylation is 2. The van der Waals surface area contributed by atoms with Crippen molar-refractivity contribution in [3.63, 3.8) is 0 Å². The number of hydrogen-bond donors (Lipinski definition) is 0. The molecule has 0 saturated heterocycles. The van der Waals surface area contributed by atoms with E-state index in [1.807, 2.05) is 92.7 Å². The van der Waals surface area contributed by atoms with E-state index in [-0.39, 0.29) is 11.7 Å². The average molecular weight is 1000 g/mol. The van der Waals surface area contributed by atoms with Crippen molar-refractivity contribution in [3.05, 3.63) is 218 Å². The van der Waals surface area contributed by atoms with Gasteiger partial charge in [0.1, 0.15) is 23.6 Å². The SMILES string of the molecule is CC(C)(C)c1ccc(C=O)cc1.Cc1cc(C=O)oc1C.O=Cc1cc2ccccc2c2ccccc12.O=Cc1ccc(-c2ccc(Cl)cc2)o1.O=Cc1cccc(C(F)(F)F)c1F.O=Cc1nccs1. The van der Waals surface area contributed by atoms with E-state index in [1.54, 1.807) is 41.9 Å². The highest BCUT2D eigenvalue weighted by atomic mass is 35.5. The topological polar surface area (TPSA) is 142 Å². The molecule has 0 radical (unpaired) electrons. The fraction of sp³-hybridized carbons (Fsp3) is 0.125. The molecule has 0 fully saturated rings. The van der Waals surface area contributed by atoms with Gasteiger partial charge in [0.05, 0.1) is 11.1 Å². The molecule has 0 amide bonds. The molecule has 9 aromatic rings. The molecule has 0 bridgehead atoms. The van der Waals surface area contributed by atoms with Crippen molar-refractivity contribution >= 4 is 82.2 Å². The first-order valence-corrected chi connectivity index (χ1v) is 22.5. The standard InChI is InChI=1S/C15H10O.C11H7ClO2.C11H14O.C8H4F4O.C7H8O2.C4H3NOS/c16-10-12-9-11-5-1-2-6-13(11)15-8-4-3-7-14(12)15;12-9-3-1-8(2-4-9)11-6-5-10(7-13)14-11;1-11(2,3)10-6-4-9(8-12)5-7-10;9-7-5(4-13)2-1-3-6(7)8(10,11)12;1-5-3-7(4-8)9-6(5)2;6-3-4-5-1-2-7-4/h1-10H;1-7H;4-8H,1-3H3;1-4H;3-4H,1-2H3;1-3H. The number of carbonyl (C=O) groups is 6. The van der Waals surface area contributed by atoms with Crippen LogP contribution in [0, 0.1) is 19.7 Å². The van der Waals surface area contributed by atoms with Gasteiger partial charge < -0.3 is 8.83 Å². The third kappa shape index (κ3) is 16.6. The Kier molecular flexibility index (Phi) is 20.9. The maximum atomic E-state index is 12.8. The Hall–Kier alpha value is -7.94. The molecular weight excluding hydrogens is 958 g/mol. The van der Waals surface area contributed by atoms with Gasteiger partial charge in [-0.15, -0.1) is 11.3 Å². The maximum Gasteiger partial charge on any atom is 0.419 e. The van der Waals surface area contributed by atoms with E-state index >= 15 is 0 Å². The Morgan fingerprint density at radius 3 is 1.69 bits per heavy atom. The number of aromatic nitrogens is 1. The van der Waals surface area contributed by atoms with Crippen LogP contribution in [0.5, 0.6) is 0 Å². The summed E-state index contributed by atoms with van der Waals surface area (Å²) in [6.07, 6.45) is 0.813. The first-order valence-electron chi connectivity index (χ1n) is 21.3. The van der Waals surface area contributed by atoms with Crippen molar-refractivity contribution in [1.82, 2.24) is 4.98 Å². The van der Waals surface area contributed by atoms with E-state index in [1.165, 1.54) is 22.3 Å². The Morgan fingerprint density at radius 1 is 0.592 bits per heavy atom. The van der Waals surface area contributed by atoms with E-state index < -0.39 is 23.1 Å². The number of aldehydes is 6. The molecule has 0 unspecified atom stereocenters. The Bertz CT molecular complexity index is 3150. The number of halogens is 5. The Morgan fingerprint density at radius 2 is 1.21 bits per heavy atom. The first kappa shape index (κ1) is 55.7. The molecule has 0 N–H and O–H groups in total. The predicted octanol–water partition coefficient (Wildman–Crippen LogP) is 15.3. The van der Waals surface area contributed by atoms with Crippen LogP contribution in [0.3, 0.4) is 0 Å². The van der Waals surface area contributed by atoms with Gasteiger partial charge in [-0.25, -0.2) is 9.37 Å². The fourth-order valence-corrected chi connectivity index (χ4v) is 6.80. The number of nitrogens with zero attached hydrogens (tertiary/aromatic N) is 1. The molecule has 3 aromatic heterocycles. The van der Waals surface area contributed by atoms with Crippen LogP contribution in [0.25, 0.3) is 32.9 Å². The lowest BCUT2D eigenvalue weighted by atomic mass is 9.87. The largest absolute Gasteiger partial charge is 0.458 e. The number of hydrogen-bond acceptors (Lipinski definition) is 10. The Balaban J connectivity index is 0.000000188. The fourth-order valence-electron chi connectivity index (χ4n) is 6.24. The molecular formula is C56H46ClF4NO8S. The van der Waals surface area contributed by atoms with Gasteiger partial charge in [-0.1, -0.05) is 111 Å². The molecule has 0 aliphatic heterocycles. The first-order chi connectivity index (χ1) is 33.9. The average Bonchev–Trinajstić information content (AvgIpc) is 4.17. The molecule has 0 spiro atoms. The molecule has 3 heterocycles. The summed E-state index contributed by atoms with van der Waals surface area (Å²) in [4.78, 5) is 65.5. The lowest BCUT2D eigenvalue weighted by molar-refractivity contribution is -0.140. The summed E-state index contributed by atoms with van der Waals surface area (Å²) >= 11 is 7.09. The van der Waals surface area contributed by atoms with Gasteiger partial charge in [0.25, 0.3) is 0 Å². The lowest BCUT2D eigenvalue weighted by Gasteiger charge is -2.18. The quantitative estimate of drug-likeness (QED) is 0.0866. The lowest BCUT2D eigenvalue weighted by Crippen LogP contribution is -2.10. The highest BCUT2D eigenvalue weighted by Crippen LogP contribution is 2.32. The second-order valence-corrected chi connectivity index (χ2v) is 17.3. The second kappa shape index (κ2) is 26.7. The number of benzene rings is 6. The number of fused-ring (bicyclic) bond motifs is 3. The maximum absolute atomic E-state index is 12.8. The van der Waals surface area contributed by atoms with E-state index in [0.717, 1.165) is 75.2 Å². The molecule has 364 valence electrons. The van der Waals surface area contributed by atoms with Crippen molar-refractivity contribution in [2.24, 2.45) is 0 Å². The normalized spacial score (nSPS) is 10.5. The van der Waals surface area contributed by atoms with Gasteiger partial charge in [0.15, 0.2) is 48.0 Å². The summed E-state index contributed by atoms with van der Waals surface area (Å²) in [6.45, 7) is 10.2. The molecule has 9 nitrogen and oxygen atoms in total. The van der Waals surface area contributed by atoms with Crippen molar-refractivity contribution in [1.29, 1.82) is 0 Å². The highest BCUT2D eigenvalue weighted by Gasteiger charge is 2.34. The van der Waals surface area contributed by atoms with Crippen molar-refractivity contribution < 1.29 is 55.2 Å². The molecule has 0 saturated carbocycles. The number of rotatable bonds is 7. The summed E-state index contributed by atoms with van der Waals surface area (Å²) in [5, 5.41) is 7.46. The molecule has 6 aromatic carbocycles. The third-order valence-corrected chi connectivity index (χ3v) is 11.0. The summed E-state index contributed by atoms with van der Waals surface area (Å²) < 4.78 is 59.1. The van der Waals surface area contributed by atoms with Gasteiger partial charge >= 0.3 is 6.18 Å². The van der Waals surface area contributed by atoms with Gasteiger partial charge in [0.2, 0.25) is 0 Å². The second-order valence-electron chi connectivity index (χ2n) is 16.0. The van der Waals surface area contributed by atoms with Crippen LogP contribution in [0.15, 0.2) is 160 Å². The zero-order chi connectivity index (χ0) is 52.1. The zero-order valence-electron chi connectivity index (χ0n) is 38.9. The van der Waals surface area contributed by atoms with Crippen molar-refractivity contribution in [2.45, 2.75) is 46.2 Å². The Labute approximate surface area is 415 Å². The minimum absolute atomic E-state index is 0.0462. The van der Waals surface area contributed by atoms with Crippen molar-refractivity contribution in [3.8, 4) is 11.3 Å². The van der Waals surface area contributed by atoms with Crippen molar-refractivity contribution in [2.75, 3.05) is 0 Å². The van der Waals surface area contributed by atoms with Crippen LogP contribution in [-0.4, -0.2) is 42.7 Å². The molecule has 0 atom stereocenters. The molecule has 15 heteroatoms. The zero-order valence-corrected chi connectivity index (χ0v) is 40.5. The third-order valence-electron chi connectivity index (χ3n) is 10.0. The van der Waals surface area contributed by atoms with Crippen LogP contribution in [0.2, 0.25) is 5.02 Å². The predicted molar refractivity (Wildman–Crippen MR) is 270 cm³/mol. The van der Waals surface area contributed by atoms with E-state index in [0.29, 0.717) is 45.9 Å². The smallest absolute Gasteiger partial charge is 0.419 e. The van der Waals surface area contributed by atoms with Gasteiger partial charge in [0, 0.05) is 33.3 Å². The van der Waals surface area contributed by atoms with E-state index in [4.69, 9.17) is 20.4 Å². The summed E-state index contributed by atoms with van der Waals surface area (Å²) in [5.74, 6) is 0.700. The summed E-state index contributed by atoms with van der Waals surface area (Å²) in [7, 11) is 0. The minimum atomic E-state index is -4.76. The van der Waals surface area contributed by atoms with Gasteiger partial charge in [-0.2, -0.15) is 13.2 Å². The van der Waals surface area contributed by atoms with Gasteiger partial charge in [-0.3, -0.25) is 28.8 Å². The monoisotopic (exact) mass is 1000 g/mol. The van der Waals surface area contributed by atoms with Crippen LogP contribution in [0.1, 0.15) is 105 Å². The molecule has 0 aliphatic carbocycles. The number of thiazole rings is 1. The van der Waals surface area contributed by atoms with Gasteiger partial charge in [-0.05, 0) is 113 Å². The molecule has 71 heavy (non-hydrogen) atoms. The summed E-state index contributed by atoms with van der Waals surface area (Å²) in [5.41, 5.74) is 2.85. The minimum Gasteiger partial charge on any atom is -0.458 e. The summed E-state index contributed by atoms with van der Waals surface area (Å²) in [6, 6.07) is 40.7. The van der Waals surface area contributed by atoms with E-state index in [2.05, 4.69) is 37.9 Å². The molecule has 9 rings (SSSR count). The van der Waals surface area contributed by atoms with Crippen LogP contribution < -0.4 is 0 Å². The number of carbonyl (C=O) groups excluding carboxylic acids is 6. The van der Waals surface area contributed by atoms with E-state index in [9.17, 15) is 46.3 Å². The molecule has 0 aliphatic rings. The highest BCUT2D eigenvalue weighted by molar-refractivity contribution is 7.11. The van der Waals surface area contributed by atoms with Crippen LogP contribution >= 0.6 is 22.9 Å². The number of furan rings is 2.